The summed E-state index contributed by atoms with van der Waals surface area (Å²) < 4.78 is 0. The first-order valence-corrected chi connectivity index (χ1v) is 7.24. The van der Waals surface area contributed by atoms with Crippen molar-refractivity contribution in [2.24, 2.45) is 5.41 Å². The summed E-state index contributed by atoms with van der Waals surface area (Å²) in [4.78, 5) is 25.4. The van der Waals surface area contributed by atoms with Gasteiger partial charge in [0.1, 0.15) is 0 Å². The minimum absolute atomic E-state index is 0.122. The molecule has 5 heteroatoms. The normalized spacial score (nSPS) is 26.2. The van der Waals surface area contributed by atoms with Gasteiger partial charge in [-0.3, -0.25) is 4.79 Å². The number of carbonyl (C=O) groups excluding carboxylic acids is 1. The molecule has 0 saturated heterocycles. The molecule has 1 aliphatic carbocycles. The van der Waals surface area contributed by atoms with E-state index >= 15 is 0 Å². The predicted molar refractivity (Wildman–Crippen MR) is 74.1 cm³/mol. The Morgan fingerprint density at radius 2 is 1.89 bits per heavy atom. The SMILES string of the molecule is CCCN(CCC)C(=O)NC1CCCC1(C)C(=O)O. The van der Waals surface area contributed by atoms with Crippen molar-refractivity contribution in [2.45, 2.75) is 58.9 Å². The molecule has 0 radical (unpaired) electrons. The third-order valence-corrected chi connectivity index (χ3v) is 4.02. The fourth-order valence-corrected chi connectivity index (χ4v) is 2.75. The van der Waals surface area contributed by atoms with Crippen molar-refractivity contribution in [1.29, 1.82) is 0 Å². The van der Waals surface area contributed by atoms with Crippen LogP contribution in [0.4, 0.5) is 4.79 Å². The Hall–Kier alpha value is -1.26. The van der Waals surface area contributed by atoms with Crippen molar-refractivity contribution in [2.75, 3.05) is 13.1 Å². The molecule has 2 atom stereocenters. The molecule has 0 spiro atoms. The van der Waals surface area contributed by atoms with Crippen molar-refractivity contribution in [1.82, 2.24) is 10.2 Å². The Morgan fingerprint density at radius 3 is 2.37 bits per heavy atom. The Balaban J connectivity index is 2.66. The summed E-state index contributed by atoms with van der Waals surface area (Å²) >= 11 is 0. The lowest BCUT2D eigenvalue weighted by atomic mass is 9.85. The maximum atomic E-state index is 12.2. The van der Waals surface area contributed by atoms with Crippen LogP contribution in [0.5, 0.6) is 0 Å². The van der Waals surface area contributed by atoms with Crippen LogP contribution >= 0.6 is 0 Å². The lowest BCUT2D eigenvalue weighted by molar-refractivity contribution is -0.148. The highest BCUT2D eigenvalue weighted by Gasteiger charge is 2.46. The van der Waals surface area contributed by atoms with Crippen LogP contribution in [0.3, 0.4) is 0 Å². The quantitative estimate of drug-likeness (QED) is 0.779. The Bertz CT molecular complexity index is 327. The molecule has 1 aliphatic rings. The van der Waals surface area contributed by atoms with E-state index in [1.165, 1.54) is 0 Å². The molecule has 2 unspecified atom stereocenters. The maximum Gasteiger partial charge on any atom is 0.317 e. The fraction of sp³-hybridized carbons (Fsp3) is 0.857. The minimum Gasteiger partial charge on any atom is -0.481 e. The van der Waals surface area contributed by atoms with Gasteiger partial charge in [0.15, 0.2) is 0 Å². The second-order valence-corrected chi connectivity index (χ2v) is 5.60. The second-order valence-electron chi connectivity index (χ2n) is 5.60. The van der Waals surface area contributed by atoms with Crippen LogP contribution in [0.15, 0.2) is 0 Å². The first kappa shape index (κ1) is 15.8. The largest absolute Gasteiger partial charge is 0.481 e. The smallest absolute Gasteiger partial charge is 0.317 e. The van der Waals surface area contributed by atoms with E-state index in [4.69, 9.17) is 0 Å². The molecule has 0 aliphatic heterocycles. The highest BCUT2D eigenvalue weighted by Crippen LogP contribution is 2.38. The number of carbonyl (C=O) groups is 2. The van der Waals surface area contributed by atoms with Gasteiger partial charge in [-0.25, -0.2) is 4.79 Å². The average Bonchev–Trinajstić information content (AvgIpc) is 2.72. The number of aliphatic carboxylic acids is 1. The van der Waals surface area contributed by atoms with E-state index in [2.05, 4.69) is 5.32 Å². The Labute approximate surface area is 115 Å². The minimum atomic E-state index is -0.820. The molecule has 2 amide bonds. The number of carboxylic acid groups (broad SMARTS) is 1. The van der Waals surface area contributed by atoms with E-state index in [0.29, 0.717) is 6.42 Å². The number of hydrogen-bond donors (Lipinski definition) is 2. The van der Waals surface area contributed by atoms with Crippen LogP contribution in [0.2, 0.25) is 0 Å². The third kappa shape index (κ3) is 3.61. The summed E-state index contributed by atoms with van der Waals surface area (Å²) in [5.74, 6) is -0.812. The lowest BCUT2D eigenvalue weighted by Crippen LogP contribution is -2.51. The van der Waals surface area contributed by atoms with Crippen molar-refractivity contribution in [3.05, 3.63) is 0 Å². The maximum absolute atomic E-state index is 12.2. The number of hydrogen-bond acceptors (Lipinski definition) is 2. The molecular formula is C14H26N2O3. The third-order valence-electron chi connectivity index (χ3n) is 4.02. The number of rotatable bonds is 6. The molecule has 1 saturated carbocycles. The zero-order valence-corrected chi connectivity index (χ0v) is 12.2. The molecule has 0 aromatic carbocycles. The van der Waals surface area contributed by atoms with Crippen LogP contribution in [0.25, 0.3) is 0 Å². The van der Waals surface area contributed by atoms with Gasteiger partial charge in [-0.2, -0.15) is 0 Å². The van der Waals surface area contributed by atoms with Gasteiger partial charge < -0.3 is 15.3 Å². The van der Waals surface area contributed by atoms with Crippen molar-refractivity contribution in [3.63, 3.8) is 0 Å². The van der Waals surface area contributed by atoms with E-state index in [1.54, 1.807) is 11.8 Å². The number of nitrogens with one attached hydrogen (secondary N) is 1. The molecule has 2 N–H and O–H groups in total. The van der Waals surface area contributed by atoms with Crippen LogP contribution < -0.4 is 5.32 Å². The first-order chi connectivity index (χ1) is 8.95. The second kappa shape index (κ2) is 6.78. The molecule has 0 heterocycles. The van der Waals surface area contributed by atoms with E-state index in [9.17, 15) is 14.7 Å². The molecule has 1 fully saturated rings. The predicted octanol–water partition coefficient (Wildman–Crippen LogP) is 2.46. The number of urea groups is 1. The van der Waals surface area contributed by atoms with Crippen LogP contribution in [-0.2, 0) is 4.79 Å². The molecular weight excluding hydrogens is 244 g/mol. The van der Waals surface area contributed by atoms with Crippen molar-refractivity contribution in [3.8, 4) is 0 Å². The van der Waals surface area contributed by atoms with Crippen LogP contribution in [0, 0.1) is 5.41 Å². The number of nitrogens with zero attached hydrogens (tertiary/aromatic N) is 1. The van der Waals surface area contributed by atoms with E-state index in [0.717, 1.165) is 38.8 Å². The van der Waals surface area contributed by atoms with E-state index in [1.807, 2.05) is 13.8 Å². The summed E-state index contributed by atoms with van der Waals surface area (Å²) in [6, 6.07) is -0.378. The number of amides is 2. The van der Waals surface area contributed by atoms with Gasteiger partial charge in [0.25, 0.3) is 0 Å². The molecule has 5 nitrogen and oxygen atoms in total. The molecule has 110 valence electrons. The van der Waals surface area contributed by atoms with Crippen molar-refractivity contribution < 1.29 is 14.7 Å². The van der Waals surface area contributed by atoms with Crippen LogP contribution in [0.1, 0.15) is 52.9 Å². The topological polar surface area (TPSA) is 69.6 Å². The summed E-state index contributed by atoms with van der Waals surface area (Å²) in [6.07, 6.45) is 4.06. The average molecular weight is 270 g/mol. The lowest BCUT2D eigenvalue weighted by Gasteiger charge is -2.30. The molecule has 0 aromatic rings. The van der Waals surface area contributed by atoms with Gasteiger partial charge >= 0.3 is 12.0 Å². The molecule has 19 heavy (non-hydrogen) atoms. The van der Waals surface area contributed by atoms with E-state index < -0.39 is 11.4 Å². The summed E-state index contributed by atoms with van der Waals surface area (Å²) in [5, 5.41) is 12.3. The standard InChI is InChI=1S/C14H26N2O3/c1-4-9-16(10-5-2)13(19)15-11-7-6-8-14(11,3)12(17)18/h11H,4-10H2,1-3H3,(H,15,19)(H,17,18). The van der Waals surface area contributed by atoms with Gasteiger partial charge in [-0.15, -0.1) is 0 Å². The first-order valence-electron chi connectivity index (χ1n) is 7.24. The summed E-state index contributed by atoms with van der Waals surface area (Å²) in [6.45, 7) is 7.24. The Morgan fingerprint density at radius 1 is 1.32 bits per heavy atom. The van der Waals surface area contributed by atoms with Gasteiger partial charge in [0.2, 0.25) is 0 Å². The highest BCUT2D eigenvalue weighted by atomic mass is 16.4. The van der Waals surface area contributed by atoms with Gasteiger partial charge in [-0.05, 0) is 32.6 Å². The summed E-state index contributed by atoms with van der Waals surface area (Å²) in [5.41, 5.74) is -0.820. The monoisotopic (exact) mass is 270 g/mol. The van der Waals surface area contributed by atoms with Crippen molar-refractivity contribution >= 4 is 12.0 Å². The summed E-state index contributed by atoms with van der Waals surface area (Å²) in [7, 11) is 0. The van der Waals surface area contributed by atoms with Gasteiger partial charge in [0, 0.05) is 19.1 Å². The van der Waals surface area contributed by atoms with E-state index in [-0.39, 0.29) is 12.1 Å². The van der Waals surface area contributed by atoms with Crippen LogP contribution in [-0.4, -0.2) is 41.1 Å². The molecule has 0 bridgehead atoms. The number of carboxylic acids is 1. The Kier molecular flexibility index (Phi) is 5.63. The molecule has 1 rings (SSSR count). The van der Waals surface area contributed by atoms with Gasteiger partial charge in [0.05, 0.1) is 5.41 Å². The zero-order valence-electron chi connectivity index (χ0n) is 12.2. The fourth-order valence-electron chi connectivity index (χ4n) is 2.75. The highest BCUT2D eigenvalue weighted by molar-refractivity contribution is 5.79. The van der Waals surface area contributed by atoms with Gasteiger partial charge in [-0.1, -0.05) is 20.3 Å². The molecule has 0 aromatic heterocycles. The zero-order chi connectivity index (χ0) is 14.5.